The Kier molecular flexibility index (Phi) is 5.79. The van der Waals surface area contributed by atoms with Crippen LogP contribution in [0.15, 0.2) is 52.0 Å². The minimum absolute atomic E-state index is 0.197. The second-order valence-corrected chi connectivity index (χ2v) is 7.37. The Labute approximate surface area is 139 Å². The molecule has 0 fully saturated rings. The number of aromatic nitrogens is 1. The van der Waals surface area contributed by atoms with E-state index in [-0.39, 0.29) is 4.90 Å². The predicted octanol–water partition coefficient (Wildman–Crippen LogP) is 3.86. The van der Waals surface area contributed by atoms with Crippen LogP contribution in [-0.2, 0) is 10.0 Å². The molecule has 1 aromatic heterocycles. The molecular weight excluding hydrogens is 366 g/mol. The third-order valence-electron chi connectivity index (χ3n) is 2.99. The van der Waals surface area contributed by atoms with Crippen molar-refractivity contribution < 1.29 is 8.42 Å². The van der Waals surface area contributed by atoms with Gasteiger partial charge in [0, 0.05) is 11.0 Å². The second kappa shape index (κ2) is 7.60. The van der Waals surface area contributed by atoms with E-state index in [1.54, 1.807) is 24.4 Å². The summed E-state index contributed by atoms with van der Waals surface area (Å²) in [7, 11) is -3.62. The van der Waals surface area contributed by atoms with E-state index in [0.717, 1.165) is 29.5 Å². The lowest BCUT2D eigenvalue weighted by Crippen LogP contribution is -2.14. The average Bonchev–Trinajstić information content (AvgIpc) is 2.49. The molecule has 1 heterocycles. The number of hydrogen-bond acceptors (Lipinski definition) is 4. The normalized spacial score (nSPS) is 11.2. The zero-order valence-electron chi connectivity index (χ0n) is 12.2. The van der Waals surface area contributed by atoms with Gasteiger partial charge in [-0.05, 0) is 42.8 Å². The largest absolute Gasteiger partial charge is 0.384 e. The fourth-order valence-electron chi connectivity index (χ4n) is 1.78. The number of sulfonamides is 1. The zero-order chi connectivity index (χ0) is 16.0. The van der Waals surface area contributed by atoms with Crippen molar-refractivity contribution in [2.24, 2.45) is 0 Å². The van der Waals surface area contributed by atoms with Gasteiger partial charge in [0.1, 0.15) is 5.82 Å². The lowest BCUT2D eigenvalue weighted by Gasteiger charge is -2.09. The van der Waals surface area contributed by atoms with E-state index in [1.807, 2.05) is 6.07 Å². The van der Waals surface area contributed by atoms with Crippen LogP contribution in [0.2, 0.25) is 0 Å². The highest BCUT2D eigenvalue weighted by Crippen LogP contribution is 2.18. The fraction of sp³-hybridized carbons (Fsp3) is 0.267. The number of nitrogens with one attached hydrogen (secondary N) is 2. The van der Waals surface area contributed by atoms with E-state index in [4.69, 9.17) is 0 Å². The number of nitrogens with zero attached hydrogens (tertiary/aromatic N) is 1. The molecule has 0 aliphatic heterocycles. The molecule has 1 aromatic carbocycles. The van der Waals surface area contributed by atoms with Crippen molar-refractivity contribution in [2.45, 2.75) is 24.7 Å². The van der Waals surface area contributed by atoms with Gasteiger partial charge in [0.15, 0.2) is 0 Å². The summed E-state index contributed by atoms with van der Waals surface area (Å²) in [5.74, 6) is 0.295. The number of unbranched alkanes of at least 4 members (excludes halogenated alkanes) is 1. The molecular formula is C15H18BrN3O2S. The van der Waals surface area contributed by atoms with Gasteiger partial charge in [-0.15, -0.1) is 0 Å². The summed E-state index contributed by atoms with van der Waals surface area (Å²) in [6.45, 7) is 3.00. The summed E-state index contributed by atoms with van der Waals surface area (Å²) in [5, 5.41) is 3.23. The van der Waals surface area contributed by atoms with E-state index >= 15 is 0 Å². The molecule has 2 aromatic rings. The molecule has 0 saturated heterocycles. The van der Waals surface area contributed by atoms with Gasteiger partial charge in [-0.2, -0.15) is 0 Å². The monoisotopic (exact) mass is 383 g/mol. The fourth-order valence-corrected chi connectivity index (χ4v) is 3.05. The molecule has 0 radical (unpaired) electrons. The number of benzene rings is 1. The molecule has 7 heteroatoms. The lowest BCUT2D eigenvalue weighted by atomic mass is 10.3. The summed E-state index contributed by atoms with van der Waals surface area (Å²) in [6.07, 6.45) is 3.82. The van der Waals surface area contributed by atoms with Crippen molar-refractivity contribution in [3.63, 3.8) is 0 Å². The van der Waals surface area contributed by atoms with E-state index in [0.29, 0.717) is 5.82 Å². The Hall–Kier alpha value is -1.60. The third kappa shape index (κ3) is 4.71. The Morgan fingerprint density at radius 2 is 1.86 bits per heavy atom. The minimum Gasteiger partial charge on any atom is -0.384 e. The van der Waals surface area contributed by atoms with Gasteiger partial charge in [0.2, 0.25) is 0 Å². The van der Waals surface area contributed by atoms with Crippen LogP contribution in [0.25, 0.3) is 0 Å². The van der Waals surface area contributed by atoms with Crippen LogP contribution in [0.1, 0.15) is 19.8 Å². The Bertz CT molecular complexity index is 701. The molecule has 0 amide bonds. The van der Waals surface area contributed by atoms with Crippen molar-refractivity contribution >= 4 is 37.5 Å². The molecule has 0 spiro atoms. The molecule has 5 nitrogen and oxygen atoms in total. The van der Waals surface area contributed by atoms with Gasteiger partial charge in [-0.3, -0.25) is 4.72 Å². The van der Waals surface area contributed by atoms with Crippen LogP contribution < -0.4 is 10.0 Å². The smallest absolute Gasteiger partial charge is 0.263 e. The van der Waals surface area contributed by atoms with E-state index in [1.165, 1.54) is 12.1 Å². The predicted molar refractivity (Wildman–Crippen MR) is 92.6 cm³/mol. The maximum atomic E-state index is 12.2. The number of anilines is 2. The maximum absolute atomic E-state index is 12.2. The number of hydrogen-bond donors (Lipinski definition) is 2. The average molecular weight is 384 g/mol. The Morgan fingerprint density at radius 3 is 2.45 bits per heavy atom. The van der Waals surface area contributed by atoms with E-state index < -0.39 is 10.0 Å². The van der Waals surface area contributed by atoms with Crippen molar-refractivity contribution in [3.05, 3.63) is 47.1 Å². The van der Waals surface area contributed by atoms with Crippen LogP contribution in [0.3, 0.4) is 0 Å². The second-order valence-electron chi connectivity index (χ2n) is 4.77. The molecule has 0 bridgehead atoms. The first-order valence-corrected chi connectivity index (χ1v) is 9.27. The highest BCUT2D eigenvalue weighted by atomic mass is 79.9. The Morgan fingerprint density at radius 1 is 1.14 bits per heavy atom. The number of pyridine rings is 1. The highest BCUT2D eigenvalue weighted by molar-refractivity contribution is 9.10. The van der Waals surface area contributed by atoms with Crippen molar-refractivity contribution in [1.82, 2.24) is 4.98 Å². The van der Waals surface area contributed by atoms with Gasteiger partial charge in [-0.1, -0.05) is 29.3 Å². The maximum Gasteiger partial charge on any atom is 0.263 e. The molecule has 2 rings (SSSR count). The van der Waals surface area contributed by atoms with Crippen LogP contribution in [-0.4, -0.2) is 19.9 Å². The summed E-state index contributed by atoms with van der Waals surface area (Å²) in [4.78, 5) is 4.32. The summed E-state index contributed by atoms with van der Waals surface area (Å²) < 4.78 is 27.7. The van der Waals surface area contributed by atoms with Gasteiger partial charge >= 0.3 is 0 Å². The lowest BCUT2D eigenvalue weighted by molar-refractivity contribution is 0.601. The van der Waals surface area contributed by atoms with Crippen molar-refractivity contribution in [3.8, 4) is 0 Å². The van der Waals surface area contributed by atoms with Crippen LogP contribution in [0, 0.1) is 0 Å². The summed E-state index contributed by atoms with van der Waals surface area (Å²) in [6, 6.07) is 9.89. The SMILES string of the molecule is CCCCNc1ccc(NS(=O)(=O)c2ccc(Br)cc2)nc1. The molecule has 0 atom stereocenters. The highest BCUT2D eigenvalue weighted by Gasteiger charge is 2.14. The molecule has 0 saturated carbocycles. The summed E-state index contributed by atoms with van der Waals surface area (Å²) >= 11 is 3.28. The van der Waals surface area contributed by atoms with Crippen LogP contribution in [0.4, 0.5) is 11.5 Å². The zero-order valence-corrected chi connectivity index (χ0v) is 14.6. The topological polar surface area (TPSA) is 71.1 Å². The molecule has 2 N–H and O–H groups in total. The standard InChI is InChI=1S/C15H18BrN3O2S/c1-2-3-10-17-13-6-9-15(18-11-13)19-22(20,21)14-7-4-12(16)5-8-14/h4-9,11,17H,2-3,10H2,1H3,(H,18,19). The first-order chi connectivity index (χ1) is 10.5. The molecule has 22 heavy (non-hydrogen) atoms. The van der Waals surface area contributed by atoms with Crippen molar-refractivity contribution in [2.75, 3.05) is 16.6 Å². The minimum atomic E-state index is -3.62. The van der Waals surface area contributed by atoms with Gasteiger partial charge in [0.05, 0.1) is 16.8 Å². The van der Waals surface area contributed by atoms with Crippen LogP contribution >= 0.6 is 15.9 Å². The van der Waals surface area contributed by atoms with Gasteiger partial charge < -0.3 is 5.32 Å². The number of rotatable bonds is 7. The quantitative estimate of drug-likeness (QED) is 0.712. The first kappa shape index (κ1) is 16.8. The van der Waals surface area contributed by atoms with E-state index in [2.05, 4.69) is 37.9 Å². The third-order valence-corrected chi connectivity index (χ3v) is 4.89. The molecule has 0 aliphatic carbocycles. The summed E-state index contributed by atoms with van der Waals surface area (Å²) in [5.41, 5.74) is 0.875. The first-order valence-electron chi connectivity index (χ1n) is 6.99. The van der Waals surface area contributed by atoms with Crippen LogP contribution in [0.5, 0.6) is 0 Å². The van der Waals surface area contributed by atoms with Gasteiger partial charge in [-0.25, -0.2) is 13.4 Å². The van der Waals surface area contributed by atoms with Gasteiger partial charge in [0.25, 0.3) is 10.0 Å². The Balaban J connectivity index is 2.05. The number of halogens is 1. The molecule has 0 aliphatic rings. The van der Waals surface area contributed by atoms with E-state index in [9.17, 15) is 8.42 Å². The van der Waals surface area contributed by atoms with Crippen molar-refractivity contribution in [1.29, 1.82) is 0 Å². The molecule has 118 valence electrons. The molecule has 0 unspecified atom stereocenters.